The number of hydrogen-bond acceptors (Lipinski definition) is 2. The maximum absolute atomic E-state index is 12.4. The van der Waals surface area contributed by atoms with Gasteiger partial charge in [-0.15, -0.1) is 11.6 Å². The van der Waals surface area contributed by atoms with Gasteiger partial charge in [-0.05, 0) is 26.2 Å². The largest absolute Gasteiger partial charge is 0.334 e. The fourth-order valence-electron chi connectivity index (χ4n) is 2.20. The molecule has 5 heteroatoms. The van der Waals surface area contributed by atoms with Crippen LogP contribution in [0, 0.1) is 6.92 Å². The van der Waals surface area contributed by atoms with Gasteiger partial charge < -0.3 is 4.90 Å². The zero-order valence-corrected chi connectivity index (χ0v) is 11.1. The van der Waals surface area contributed by atoms with Crippen LogP contribution >= 0.6 is 11.6 Å². The average molecular weight is 256 g/mol. The van der Waals surface area contributed by atoms with Crippen molar-refractivity contribution in [2.45, 2.75) is 32.2 Å². The Morgan fingerprint density at radius 3 is 2.76 bits per heavy atom. The minimum Gasteiger partial charge on any atom is -0.334 e. The van der Waals surface area contributed by atoms with E-state index >= 15 is 0 Å². The monoisotopic (exact) mass is 255 g/mol. The lowest BCUT2D eigenvalue weighted by Gasteiger charge is -2.37. The van der Waals surface area contributed by atoms with Crippen LogP contribution in [0.3, 0.4) is 0 Å². The van der Waals surface area contributed by atoms with E-state index in [0.717, 1.165) is 18.5 Å². The Hall–Kier alpha value is -1.03. The number of carbonyl (C=O) groups excluding carboxylic acids is 1. The molecule has 1 aromatic heterocycles. The van der Waals surface area contributed by atoms with Crippen molar-refractivity contribution in [2.75, 3.05) is 12.4 Å². The number of aromatic nitrogens is 2. The number of hydrogen-bond donors (Lipinski definition) is 0. The summed E-state index contributed by atoms with van der Waals surface area (Å²) in [6, 6.07) is 0.376. The predicted molar refractivity (Wildman–Crippen MR) is 67.3 cm³/mol. The Bertz CT molecular complexity index is 412. The second-order valence-corrected chi connectivity index (χ2v) is 4.95. The molecule has 0 aromatic carbocycles. The molecule has 1 aliphatic rings. The summed E-state index contributed by atoms with van der Waals surface area (Å²) in [5.74, 6) is 0.558. The van der Waals surface area contributed by atoms with Gasteiger partial charge in [-0.3, -0.25) is 9.48 Å². The summed E-state index contributed by atoms with van der Waals surface area (Å²) in [6.45, 7) is 2.49. The molecule has 0 unspecified atom stereocenters. The van der Waals surface area contributed by atoms with Crippen molar-refractivity contribution in [3.8, 4) is 0 Å². The van der Waals surface area contributed by atoms with Crippen LogP contribution in [0.25, 0.3) is 0 Å². The van der Waals surface area contributed by atoms with Gasteiger partial charge in [-0.25, -0.2) is 0 Å². The van der Waals surface area contributed by atoms with Gasteiger partial charge in [0.15, 0.2) is 0 Å². The smallest absolute Gasteiger partial charge is 0.257 e. The van der Waals surface area contributed by atoms with E-state index in [1.54, 1.807) is 10.9 Å². The van der Waals surface area contributed by atoms with Gasteiger partial charge in [-0.1, -0.05) is 0 Å². The fraction of sp³-hybridized carbons (Fsp3) is 0.667. The Morgan fingerprint density at radius 1 is 1.65 bits per heavy atom. The molecule has 17 heavy (non-hydrogen) atoms. The third kappa shape index (κ3) is 2.46. The fourth-order valence-corrected chi connectivity index (χ4v) is 2.39. The number of rotatable bonds is 4. The number of alkyl halides is 1. The summed E-state index contributed by atoms with van der Waals surface area (Å²) in [7, 11) is 1.83. The molecule has 94 valence electrons. The normalized spacial score (nSPS) is 15.7. The Kier molecular flexibility index (Phi) is 3.72. The first-order valence-electron chi connectivity index (χ1n) is 6.00. The molecule has 1 amide bonds. The third-order valence-electron chi connectivity index (χ3n) is 3.35. The van der Waals surface area contributed by atoms with Crippen molar-refractivity contribution in [1.82, 2.24) is 14.7 Å². The molecule has 1 heterocycles. The second-order valence-electron chi connectivity index (χ2n) is 4.57. The summed E-state index contributed by atoms with van der Waals surface area (Å²) in [5.41, 5.74) is 1.49. The highest BCUT2D eigenvalue weighted by Gasteiger charge is 2.30. The van der Waals surface area contributed by atoms with E-state index < -0.39 is 0 Å². The van der Waals surface area contributed by atoms with Crippen molar-refractivity contribution >= 4 is 17.5 Å². The van der Waals surface area contributed by atoms with Gasteiger partial charge in [0, 0.05) is 31.7 Å². The first kappa shape index (κ1) is 12.4. The van der Waals surface area contributed by atoms with Crippen molar-refractivity contribution in [2.24, 2.45) is 7.05 Å². The Balaban J connectivity index is 2.17. The number of carbonyl (C=O) groups is 1. The van der Waals surface area contributed by atoms with Crippen molar-refractivity contribution in [3.05, 3.63) is 17.5 Å². The summed E-state index contributed by atoms with van der Waals surface area (Å²) < 4.78 is 1.68. The molecular formula is C12H18ClN3O. The van der Waals surface area contributed by atoms with Gasteiger partial charge in [0.25, 0.3) is 5.91 Å². The quantitative estimate of drug-likeness (QED) is 0.772. The number of nitrogens with zero attached hydrogens (tertiary/aromatic N) is 3. The molecule has 0 atom stereocenters. The highest BCUT2D eigenvalue weighted by atomic mass is 35.5. The van der Waals surface area contributed by atoms with E-state index in [2.05, 4.69) is 5.10 Å². The molecule has 1 saturated carbocycles. The van der Waals surface area contributed by atoms with Gasteiger partial charge in [0.2, 0.25) is 0 Å². The van der Waals surface area contributed by atoms with E-state index in [-0.39, 0.29) is 5.91 Å². The lowest BCUT2D eigenvalue weighted by molar-refractivity contribution is 0.0597. The summed E-state index contributed by atoms with van der Waals surface area (Å²) in [5, 5.41) is 4.21. The average Bonchev–Trinajstić information content (AvgIpc) is 2.53. The van der Waals surface area contributed by atoms with E-state index in [4.69, 9.17) is 11.6 Å². The molecule has 1 aromatic rings. The van der Waals surface area contributed by atoms with Crippen molar-refractivity contribution in [1.29, 1.82) is 0 Å². The first-order chi connectivity index (χ1) is 8.13. The standard InChI is InChI=1S/C12H18ClN3O/c1-9-11(8-15(2)14-9)12(17)16(7-6-13)10-4-3-5-10/h8,10H,3-7H2,1-2H3. The van der Waals surface area contributed by atoms with Crippen LogP contribution in [0.1, 0.15) is 35.3 Å². The lowest BCUT2D eigenvalue weighted by Crippen LogP contribution is -2.45. The highest BCUT2D eigenvalue weighted by molar-refractivity contribution is 6.18. The number of halogens is 1. The third-order valence-corrected chi connectivity index (χ3v) is 3.51. The molecule has 1 fully saturated rings. The van der Waals surface area contributed by atoms with Crippen LogP contribution in [0.5, 0.6) is 0 Å². The zero-order valence-electron chi connectivity index (χ0n) is 10.3. The predicted octanol–water partition coefficient (Wildman–Crippen LogP) is 1.96. The van der Waals surface area contributed by atoms with Crippen LogP contribution < -0.4 is 0 Å². The van der Waals surface area contributed by atoms with E-state index in [1.807, 2.05) is 18.9 Å². The minimum atomic E-state index is 0.0703. The molecule has 2 rings (SSSR count). The van der Waals surface area contributed by atoms with Gasteiger partial charge in [-0.2, -0.15) is 5.10 Å². The van der Waals surface area contributed by atoms with Crippen LogP contribution in [0.2, 0.25) is 0 Å². The second kappa shape index (κ2) is 5.08. The summed E-state index contributed by atoms with van der Waals surface area (Å²) in [6.07, 6.45) is 5.20. The van der Waals surface area contributed by atoms with E-state index in [1.165, 1.54) is 6.42 Å². The SMILES string of the molecule is Cc1nn(C)cc1C(=O)N(CCCl)C1CCC1. The van der Waals surface area contributed by atoms with E-state index in [9.17, 15) is 4.79 Å². The molecule has 0 radical (unpaired) electrons. The highest BCUT2D eigenvalue weighted by Crippen LogP contribution is 2.26. The minimum absolute atomic E-state index is 0.0703. The number of aryl methyl sites for hydroxylation is 2. The lowest BCUT2D eigenvalue weighted by atomic mass is 9.91. The van der Waals surface area contributed by atoms with Crippen LogP contribution in [0.15, 0.2) is 6.20 Å². The van der Waals surface area contributed by atoms with Gasteiger partial charge in [0.1, 0.15) is 0 Å². The van der Waals surface area contributed by atoms with E-state index in [0.29, 0.717) is 24.0 Å². The molecule has 0 bridgehead atoms. The summed E-state index contributed by atoms with van der Waals surface area (Å²) >= 11 is 5.78. The zero-order chi connectivity index (χ0) is 12.4. The Morgan fingerprint density at radius 2 is 2.35 bits per heavy atom. The molecule has 1 aliphatic carbocycles. The van der Waals surface area contributed by atoms with Crippen LogP contribution in [0.4, 0.5) is 0 Å². The Labute approximate surface area is 107 Å². The topological polar surface area (TPSA) is 38.1 Å². The molecule has 0 N–H and O–H groups in total. The van der Waals surface area contributed by atoms with Crippen molar-refractivity contribution in [3.63, 3.8) is 0 Å². The maximum Gasteiger partial charge on any atom is 0.257 e. The van der Waals surface area contributed by atoms with Crippen LogP contribution in [-0.4, -0.2) is 39.1 Å². The van der Waals surface area contributed by atoms with Gasteiger partial charge >= 0.3 is 0 Å². The molecule has 4 nitrogen and oxygen atoms in total. The molecular weight excluding hydrogens is 238 g/mol. The molecule has 0 aliphatic heterocycles. The molecule has 0 saturated heterocycles. The summed E-state index contributed by atoms with van der Waals surface area (Å²) in [4.78, 5) is 14.3. The van der Waals surface area contributed by atoms with Crippen LogP contribution in [-0.2, 0) is 7.05 Å². The molecule has 0 spiro atoms. The van der Waals surface area contributed by atoms with Gasteiger partial charge in [0.05, 0.1) is 11.3 Å². The van der Waals surface area contributed by atoms with Crippen molar-refractivity contribution < 1.29 is 4.79 Å². The first-order valence-corrected chi connectivity index (χ1v) is 6.54. The number of amides is 1. The maximum atomic E-state index is 12.4.